The Morgan fingerprint density at radius 2 is 2.03 bits per heavy atom. The maximum absolute atomic E-state index is 13.0. The number of aromatic carboxylic acids is 1. The summed E-state index contributed by atoms with van der Waals surface area (Å²) in [6.45, 7) is 5.87. The van der Waals surface area contributed by atoms with Crippen molar-refractivity contribution in [3.05, 3.63) is 75.2 Å². The van der Waals surface area contributed by atoms with Crippen LogP contribution < -0.4 is 9.47 Å². The number of carboxylic acids is 1. The number of nitro groups is 1. The van der Waals surface area contributed by atoms with Crippen LogP contribution in [0.4, 0.5) is 11.4 Å². The van der Waals surface area contributed by atoms with E-state index in [1.807, 2.05) is 0 Å². The summed E-state index contributed by atoms with van der Waals surface area (Å²) in [5.74, 6) is -0.981. The van der Waals surface area contributed by atoms with E-state index in [0.29, 0.717) is 23.0 Å². The third-order valence-electron chi connectivity index (χ3n) is 4.67. The van der Waals surface area contributed by atoms with Crippen LogP contribution in [-0.4, -0.2) is 52.2 Å². The molecule has 1 aliphatic heterocycles. The topological polar surface area (TPSA) is 132 Å². The standard InChI is InChI=1S/C23H21N3O7S/c1-4-10-33-20-15(11-17(26(30)31)13-18(20)32-3)12-19-21(27)25(5-2)23(34-19)24-16-8-6-14(7-9-16)22(28)29/h4,6-9,11-13H,1,5,10H2,2-3H3,(H,28,29)/b19-12+,24-23?. The molecule has 0 spiro atoms. The normalized spacial score (nSPS) is 15.6. The first-order chi connectivity index (χ1) is 16.3. The van der Waals surface area contributed by atoms with Gasteiger partial charge in [0.05, 0.1) is 34.3 Å². The Bertz CT molecular complexity index is 1210. The lowest BCUT2D eigenvalue weighted by Gasteiger charge is -2.13. The zero-order chi connectivity index (χ0) is 24.8. The van der Waals surface area contributed by atoms with Crippen molar-refractivity contribution in [2.75, 3.05) is 20.3 Å². The van der Waals surface area contributed by atoms with Crippen LogP contribution in [0.2, 0.25) is 0 Å². The smallest absolute Gasteiger partial charge is 0.335 e. The van der Waals surface area contributed by atoms with E-state index in [-0.39, 0.29) is 40.2 Å². The molecule has 0 atom stereocenters. The summed E-state index contributed by atoms with van der Waals surface area (Å²) in [5.41, 5.74) is 0.683. The van der Waals surface area contributed by atoms with Gasteiger partial charge >= 0.3 is 5.97 Å². The lowest BCUT2D eigenvalue weighted by atomic mass is 10.1. The quantitative estimate of drug-likeness (QED) is 0.239. The highest BCUT2D eigenvalue weighted by atomic mass is 32.2. The van der Waals surface area contributed by atoms with Gasteiger partial charge in [-0.2, -0.15) is 0 Å². The number of amides is 1. The van der Waals surface area contributed by atoms with E-state index in [0.717, 1.165) is 11.8 Å². The third kappa shape index (κ3) is 5.26. The van der Waals surface area contributed by atoms with E-state index in [4.69, 9.17) is 14.6 Å². The molecular weight excluding hydrogens is 462 g/mol. The summed E-state index contributed by atoms with van der Waals surface area (Å²) in [5, 5.41) is 20.9. The predicted molar refractivity (Wildman–Crippen MR) is 129 cm³/mol. The molecule has 1 saturated heterocycles. The van der Waals surface area contributed by atoms with E-state index in [1.54, 1.807) is 19.1 Å². The van der Waals surface area contributed by atoms with E-state index < -0.39 is 10.9 Å². The number of amidine groups is 1. The molecule has 0 aliphatic carbocycles. The number of ether oxygens (including phenoxy) is 2. The number of likely N-dealkylation sites (N-methyl/N-ethyl adjacent to an activating group) is 1. The molecule has 1 heterocycles. The van der Waals surface area contributed by atoms with Gasteiger partial charge in [0.25, 0.3) is 11.6 Å². The molecule has 2 aromatic rings. The van der Waals surface area contributed by atoms with Gasteiger partial charge in [-0.1, -0.05) is 12.7 Å². The van der Waals surface area contributed by atoms with Gasteiger partial charge in [0, 0.05) is 18.2 Å². The van der Waals surface area contributed by atoms with Gasteiger partial charge in [-0.05, 0) is 49.0 Å². The molecule has 176 valence electrons. The minimum Gasteiger partial charge on any atom is -0.493 e. The highest BCUT2D eigenvalue weighted by Crippen LogP contribution is 2.40. The molecule has 1 aliphatic rings. The summed E-state index contributed by atoms with van der Waals surface area (Å²) >= 11 is 1.10. The molecule has 11 heteroatoms. The van der Waals surface area contributed by atoms with Gasteiger partial charge in [0.1, 0.15) is 6.61 Å². The largest absolute Gasteiger partial charge is 0.493 e. The van der Waals surface area contributed by atoms with E-state index in [9.17, 15) is 19.7 Å². The highest BCUT2D eigenvalue weighted by molar-refractivity contribution is 8.18. The summed E-state index contributed by atoms with van der Waals surface area (Å²) < 4.78 is 10.9. The van der Waals surface area contributed by atoms with Crippen LogP contribution in [0.3, 0.4) is 0 Å². The first kappa shape index (κ1) is 24.5. The predicted octanol–water partition coefficient (Wildman–Crippen LogP) is 4.49. The second-order valence-corrected chi connectivity index (χ2v) is 7.84. The fourth-order valence-electron chi connectivity index (χ4n) is 3.07. The van der Waals surface area contributed by atoms with Crippen LogP contribution in [-0.2, 0) is 4.79 Å². The Balaban J connectivity index is 2.04. The average Bonchev–Trinajstić information content (AvgIpc) is 3.11. The number of nitrogens with zero attached hydrogens (tertiary/aromatic N) is 3. The molecule has 2 aromatic carbocycles. The van der Waals surface area contributed by atoms with Crippen molar-refractivity contribution in [3.63, 3.8) is 0 Å². The molecule has 1 N–H and O–H groups in total. The minimum absolute atomic E-state index is 0.124. The van der Waals surface area contributed by atoms with Crippen LogP contribution in [0.15, 0.2) is 59.0 Å². The lowest BCUT2D eigenvalue weighted by molar-refractivity contribution is -0.385. The monoisotopic (exact) mass is 483 g/mol. The third-order valence-corrected chi connectivity index (χ3v) is 5.68. The van der Waals surface area contributed by atoms with Crippen molar-refractivity contribution in [2.24, 2.45) is 4.99 Å². The maximum atomic E-state index is 13.0. The van der Waals surface area contributed by atoms with Crippen molar-refractivity contribution < 1.29 is 29.1 Å². The Morgan fingerprint density at radius 3 is 2.59 bits per heavy atom. The molecule has 3 rings (SSSR count). The first-order valence-electron chi connectivity index (χ1n) is 10.0. The average molecular weight is 484 g/mol. The van der Waals surface area contributed by atoms with Crippen molar-refractivity contribution in [2.45, 2.75) is 6.92 Å². The van der Waals surface area contributed by atoms with Gasteiger partial charge in [-0.3, -0.25) is 19.8 Å². The molecule has 0 radical (unpaired) electrons. The number of carbonyl (C=O) groups excluding carboxylic acids is 1. The summed E-state index contributed by atoms with van der Waals surface area (Å²) in [6.07, 6.45) is 3.02. The Labute approximate surface area is 199 Å². The van der Waals surface area contributed by atoms with Gasteiger partial charge < -0.3 is 14.6 Å². The molecule has 1 amide bonds. The summed E-state index contributed by atoms with van der Waals surface area (Å²) in [6, 6.07) is 8.49. The van der Waals surface area contributed by atoms with Crippen LogP contribution in [0.1, 0.15) is 22.8 Å². The SMILES string of the molecule is C=CCOc1c(/C=C2/SC(=Nc3ccc(C(=O)O)cc3)N(CC)C2=O)cc([N+](=O)[O-])cc1OC. The Morgan fingerprint density at radius 1 is 1.32 bits per heavy atom. The number of hydrogen-bond donors (Lipinski definition) is 1. The number of aliphatic imine (C=N–C) groups is 1. The molecule has 0 bridgehead atoms. The summed E-state index contributed by atoms with van der Waals surface area (Å²) in [7, 11) is 1.37. The number of non-ortho nitro benzene ring substituents is 1. The van der Waals surface area contributed by atoms with Gasteiger partial charge in [-0.25, -0.2) is 9.79 Å². The number of benzene rings is 2. The minimum atomic E-state index is -1.05. The molecule has 0 unspecified atom stereocenters. The van der Waals surface area contributed by atoms with Crippen LogP contribution in [0.5, 0.6) is 11.5 Å². The number of nitro benzene ring substituents is 1. The molecule has 1 fully saturated rings. The van der Waals surface area contributed by atoms with Crippen LogP contribution >= 0.6 is 11.8 Å². The molecule has 10 nitrogen and oxygen atoms in total. The fraction of sp³-hybridized carbons (Fsp3) is 0.174. The van der Waals surface area contributed by atoms with Crippen molar-refractivity contribution >= 4 is 46.3 Å². The molecule has 0 saturated carbocycles. The van der Waals surface area contributed by atoms with Crippen molar-refractivity contribution in [3.8, 4) is 11.5 Å². The van der Waals surface area contributed by atoms with Gasteiger partial charge in [0.15, 0.2) is 16.7 Å². The number of hydrogen-bond acceptors (Lipinski definition) is 8. The number of thioether (sulfide) groups is 1. The zero-order valence-corrected chi connectivity index (χ0v) is 19.2. The second kappa shape index (κ2) is 10.7. The number of carboxylic acid groups (broad SMARTS) is 1. The lowest BCUT2D eigenvalue weighted by Crippen LogP contribution is -2.28. The van der Waals surface area contributed by atoms with Crippen molar-refractivity contribution in [1.29, 1.82) is 0 Å². The van der Waals surface area contributed by atoms with Gasteiger partial charge in [-0.15, -0.1) is 0 Å². The highest BCUT2D eigenvalue weighted by Gasteiger charge is 2.33. The Kier molecular flexibility index (Phi) is 7.69. The van der Waals surface area contributed by atoms with E-state index >= 15 is 0 Å². The molecule has 34 heavy (non-hydrogen) atoms. The Hall–Kier alpha value is -4.12. The number of rotatable bonds is 9. The number of carbonyl (C=O) groups is 2. The first-order valence-corrected chi connectivity index (χ1v) is 10.8. The van der Waals surface area contributed by atoms with Crippen molar-refractivity contribution in [1.82, 2.24) is 4.90 Å². The van der Waals surface area contributed by atoms with Crippen LogP contribution in [0, 0.1) is 10.1 Å². The zero-order valence-electron chi connectivity index (χ0n) is 18.4. The summed E-state index contributed by atoms with van der Waals surface area (Å²) in [4.78, 5) is 41.2. The van der Waals surface area contributed by atoms with E-state index in [2.05, 4.69) is 11.6 Å². The maximum Gasteiger partial charge on any atom is 0.335 e. The van der Waals surface area contributed by atoms with E-state index in [1.165, 1.54) is 48.4 Å². The second-order valence-electron chi connectivity index (χ2n) is 6.83. The molecular formula is C23H21N3O7S. The fourth-order valence-corrected chi connectivity index (χ4v) is 4.12. The van der Waals surface area contributed by atoms with Gasteiger partial charge in [0.2, 0.25) is 0 Å². The van der Waals surface area contributed by atoms with Crippen LogP contribution in [0.25, 0.3) is 6.08 Å². The number of methoxy groups -OCH3 is 1. The molecule has 0 aromatic heterocycles.